The number of hydrogen-bond donors (Lipinski definition) is 1. The van der Waals surface area contributed by atoms with E-state index in [9.17, 15) is 22.8 Å². The predicted octanol–water partition coefficient (Wildman–Crippen LogP) is 3.77. The minimum Gasteiger partial charge on any atom is -0.385 e. The molecule has 0 unspecified atom stereocenters. The highest BCUT2D eigenvalue weighted by molar-refractivity contribution is 5.96. The average Bonchev–Trinajstić information content (AvgIpc) is 3.58. The van der Waals surface area contributed by atoms with Crippen LogP contribution in [0.5, 0.6) is 0 Å². The van der Waals surface area contributed by atoms with Gasteiger partial charge in [-0.2, -0.15) is 18.3 Å². The number of piperidine rings is 1. The molecule has 7 nitrogen and oxygen atoms in total. The Morgan fingerprint density at radius 2 is 1.91 bits per heavy atom. The maximum atomic E-state index is 13.3. The molecule has 1 aromatic carbocycles. The molecular formula is C24H29F3N4O3. The zero-order chi connectivity index (χ0) is 24.3. The fourth-order valence-electron chi connectivity index (χ4n) is 4.38. The second kappa shape index (κ2) is 10.2. The van der Waals surface area contributed by atoms with Crippen molar-refractivity contribution in [2.24, 2.45) is 5.92 Å². The molecule has 1 aliphatic heterocycles. The summed E-state index contributed by atoms with van der Waals surface area (Å²) < 4.78 is 46.0. The van der Waals surface area contributed by atoms with Gasteiger partial charge in [-0.25, -0.2) is 4.68 Å². The van der Waals surface area contributed by atoms with Crippen LogP contribution >= 0.6 is 0 Å². The Morgan fingerprint density at radius 1 is 1.18 bits per heavy atom. The molecule has 0 spiro atoms. The highest BCUT2D eigenvalue weighted by atomic mass is 19.4. The van der Waals surface area contributed by atoms with Crippen molar-refractivity contribution in [2.75, 3.05) is 33.4 Å². The fraction of sp³-hybridized carbons (Fsp3) is 0.542. The van der Waals surface area contributed by atoms with E-state index >= 15 is 0 Å². The topological polar surface area (TPSA) is 76.5 Å². The number of hydrogen-bond acceptors (Lipinski definition) is 4. The third kappa shape index (κ3) is 5.43. The van der Waals surface area contributed by atoms with Gasteiger partial charge < -0.3 is 15.0 Å². The molecule has 0 bridgehead atoms. The SMILES string of the molecule is COCCCNC(=O)C1CCN(C(=O)c2cnn(-c3cccc(C(F)(F)F)c3)c2C2CC2)CC1. The molecule has 1 aromatic heterocycles. The zero-order valence-corrected chi connectivity index (χ0v) is 19.1. The Balaban J connectivity index is 1.45. The standard InChI is InChI=1S/C24H29F3N4O3/c1-34-13-3-10-28-22(32)17-8-11-30(12-9-17)23(33)20-15-29-31(21(20)16-6-7-16)19-5-2-4-18(14-19)24(25,26)27/h2,4-5,14-17H,3,6-13H2,1H3,(H,28,32). The van der Waals surface area contributed by atoms with Crippen LogP contribution in [0.25, 0.3) is 5.69 Å². The lowest BCUT2D eigenvalue weighted by molar-refractivity contribution is -0.137. The number of aromatic nitrogens is 2. The second-order valence-corrected chi connectivity index (χ2v) is 8.88. The molecule has 2 heterocycles. The summed E-state index contributed by atoms with van der Waals surface area (Å²) in [5.41, 5.74) is 0.641. The third-order valence-electron chi connectivity index (χ3n) is 6.40. The number of rotatable bonds is 8. The van der Waals surface area contributed by atoms with E-state index in [0.29, 0.717) is 56.0 Å². The van der Waals surface area contributed by atoms with Gasteiger partial charge >= 0.3 is 6.18 Å². The van der Waals surface area contributed by atoms with Crippen LogP contribution in [0.3, 0.4) is 0 Å². The smallest absolute Gasteiger partial charge is 0.385 e. The molecular weight excluding hydrogens is 449 g/mol. The van der Waals surface area contributed by atoms with Gasteiger partial charge in [0.2, 0.25) is 5.91 Å². The second-order valence-electron chi connectivity index (χ2n) is 8.88. The molecule has 34 heavy (non-hydrogen) atoms. The van der Waals surface area contributed by atoms with Gasteiger partial charge in [-0.15, -0.1) is 0 Å². The van der Waals surface area contributed by atoms with Gasteiger partial charge in [0.15, 0.2) is 0 Å². The number of carbonyl (C=O) groups is 2. The number of amides is 2. The molecule has 1 saturated heterocycles. The predicted molar refractivity (Wildman–Crippen MR) is 119 cm³/mol. The van der Waals surface area contributed by atoms with E-state index in [4.69, 9.17) is 4.74 Å². The highest BCUT2D eigenvalue weighted by Crippen LogP contribution is 2.43. The average molecular weight is 479 g/mol. The first-order valence-corrected chi connectivity index (χ1v) is 11.6. The Hall–Kier alpha value is -2.88. The van der Waals surface area contributed by atoms with E-state index in [1.165, 1.54) is 16.9 Å². The summed E-state index contributed by atoms with van der Waals surface area (Å²) in [4.78, 5) is 27.4. The van der Waals surface area contributed by atoms with Crippen LogP contribution in [-0.2, 0) is 15.7 Å². The lowest BCUT2D eigenvalue weighted by Gasteiger charge is -2.31. The summed E-state index contributed by atoms with van der Waals surface area (Å²) in [5, 5.41) is 7.22. The molecule has 10 heteroatoms. The number of halogens is 3. The summed E-state index contributed by atoms with van der Waals surface area (Å²) in [6.45, 7) is 2.05. The first-order valence-electron chi connectivity index (χ1n) is 11.6. The normalized spacial score (nSPS) is 17.1. The molecule has 0 radical (unpaired) electrons. The Kier molecular flexibility index (Phi) is 7.25. The van der Waals surface area contributed by atoms with Crippen molar-refractivity contribution in [3.05, 3.63) is 47.3 Å². The van der Waals surface area contributed by atoms with E-state index in [1.807, 2.05) is 0 Å². The monoisotopic (exact) mass is 478 g/mol. The van der Waals surface area contributed by atoms with Gasteiger partial charge in [-0.05, 0) is 50.3 Å². The molecule has 1 saturated carbocycles. The highest BCUT2D eigenvalue weighted by Gasteiger charge is 2.36. The van der Waals surface area contributed by atoms with Crippen LogP contribution in [-0.4, -0.2) is 59.8 Å². The summed E-state index contributed by atoms with van der Waals surface area (Å²) in [5.74, 6) is -0.216. The van der Waals surface area contributed by atoms with Crippen LogP contribution in [0, 0.1) is 5.92 Å². The quantitative estimate of drug-likeness (QED) is 0.586. The van der Waals surface area contributed by atoms with Gasteiger partial charge in [0.1, 0.15) is 0 Å². The van der Waals surface area contributed by atoms with Gasteiger partial charge in [0.25, 0.3) is 5.91 Å². The van der Waals surface area contributed by atoms with Crippen molar-refractivity contribution in [2.45, 2.75) is 44.2 Å². The Morgan fingerprint density at radius 3 is 2.56 bits per heavy atom. The molecule has 2 aromatic rings. The number of nitrogens with one attached hydrogen (secondary N) is 1. The van der Waals surface area contributed by atoms with E-state index < -0.39 is 11.7 Å². The molecule has 4 rings (SSSR count). The maximum absolute atomic E-state index is 13.3. The summed E-state index contributed by atoms with van der Waals surface area (Å²) in [6.07, 6.45) is 0.642. The summed E-state index contributed by atoms with van der Waals surface area (Å²) in [7, 11) is 1.62. The molecule has 1 aliphatic carbocycles. The molecule has 0 atom stereocenters. The Labute approximate surface area is 196 Å². The minimum absolute atomic E-state index is 0.000706. The molecule has 184 valence electrons. The zero-order valence-electron chi connectivity index (χ0n) is 19.1. The molecule has 2 fully saturated rings. The lowest BCUT2D eigenvalue weighted by atomic mass is 9.95. The molecule has 1 N–H and O–H groups in total. The number of nitrogens with zero attached hydrogens (tertiary/aromatic N) is 3. The van der Waals surface area contributed by atoms with E-state index in [1.54, 1.807) is 18.1 Å². The largest absolute Gasteiger partial charge is 0.416 e. The number of likely N-dealkylation sites (tertiary alicyclic amines) is 1. The van der Waals surface area contributed by atoms with Crippen molar-refractivity contribution in [3.8, 4) is 5.69 Å². The number of carbonyl (C=O) groups excluding carboxylic acids is 2. The van der Waals surface area contributed by atoms with Crippen molar-refractivity contribution in [3.63, 3.8) is 0 Å². The minimum atomic E-state index is -4.46. The van der Waals surface area contributed by atoms with Crippen molar-refractivity contribution in [1.29, 1.82) is 0 Å². The third-order valence-corrected chi connectivity index (χ3v) is 6.40. The van der Waals surface area contributed by atoms with Gasteiger partial charge in [0.05, 0.1) is 28.7 Å². The molecule has 2 aliphatic rings. The van der Waals surface area contributed by atoms with E-state index in [0.717, 1.165) is 31.4 Å². The Bertz CT molecular complexity index is 1020. The van der Waals surface area contributed by atoms with Crippen LogP contribution < -0.4 is 5.32 Å². The first kappa shape index (κ1) is 24.3. The van der Waals surface area contributed by atoms with Crippen molar-refractivity contribution in [1.82, 2.24) is 20.0 Å². The maximum Gasteiger partial charge on any atom is 0.416 e. The van der Waals surface area contributed by atoms with Crippen molar-refractivity contribution < 1.29 is 27.5 Å². The van der Waals surface area contributed by atoms with Crippen LogP contribution in [0.1, 0.15) is 59.6 Å². The van der Waals surface area contributed by atoms with Crippen LogP contribution in [0.4, 0.5) is 13.2 Å². The number of benzene rings is 1. The fourth-order valence-corrected chi connectivity index (χ4v) is 4.38. The van der Waals surface area contributed by atoms with Gasteiger partial charge in [0, 0.05) is 45.2 Å². The lowest BCUT2D eigenvalue weighted by Crippen LogP contribution is -2.43. The van der Waals surface area contributed by atoms with Gasteiger partial charge in [-0.1, -0.05) is 6.07 Å². The number of alkyl halides is 3. The van der Waals surface area contributed by atoms with E-state index in [-0.39, 0.29) is 23.7 Å². The summed E-state index contributed by atoms with van der Waals surface area (Å²) >= 11 is 0. The first-order chi connectivity index (χ1) is 16.3. The van der Waals surface area contributed by atoms with Gasteiger partial charge in [-0.3, -0.25) is 9.59 Å². The van der Waals surface area contributed by atoms with Crippen LogP contribution in [0.2, 0.25) is 0 Å². The summed E-state index contributed by atoms with van der Waals surface area (Å²) in [6, 6.07) is 5.00. The number of ether oxygens (including phenoxy) is 1. The number of methoxy groups -OCH3 is 1. The van der Waals surface area contributed by atoms with Crippen LogP contribution in [0.15, 0.2) is 30.5 Å². The van der Waals surface area contributed by atoms with Crippen molar-refractivity contribution >= 4 is 11.8 Å². The molecule has 2 amide bonds. The van der Waals surface area contributed by atoms with E-state index in [2.05, 4.69) is 10.4 Å².